The highest BCUT2D eigenvalue weighted by Crippen LogP contribution is 2.45. The van der Waals surface area contributed by atoms with Crippen LogP contribution in [0.2, 0.25) is 0 Å². The average Bonchev–Trinajstić information content (AvgIpc) is 3.58. The molecule has 4 atom stereocenters. The number of ether oxygens (including phenoxy) is 3. The molecule has 2 aliphatic heterocycles. The van der Waals surface area contributed by atoms with Crippen LogP contribution in [0.5, 0.6) is 17.4 Å². The molecule has 14 heteroatoms. The molecular weight excluding hydrogens is 633 g/mol. The van der Waals surface area contributed by atoms with Gasteiger partial charge >= 0.3 is 18.4 Å². The molecule has 2 fully saturated rings. The Morgan fingerprint density at radius 1 is 1.08 bits per heavy atom. The summed E-state index contributed by atoms with van der Waals surface area (Å²) in [6.07, 6.45) is 0.898. The second kappa shape index (κ2) is 12.9. The Morgan fingerprint density at radius 2 is 1.83 bits per heavy atom. The van der Waals surface area contributed by atoms with Gasteiger partial charge in [-0.25, -0.2) is 14.6 Å². The SMILES string of the molecule is COc1ccc2c(OC3CC4C(=O)NC5(C(=O)O)CC5/C=C/CCCCN(C)C(=O)N4C3)nc(-c3ccc(OC(F)(F)F)cc3)cc2c1. The van der Waals surface area contributed by atoms with Gasteiger partial charge in [0.05, 0.1) is 19.3 Å². The highest BCUT2D eigenvalue weighted by Gasteiger charge is 2.61. The van der Waals surface area contributed by atoms with Gasteiger partial charge < -0.3 is 34.4 Å². The minimum absolute atomic E-state index is 0.0394. The second-order valence-corrected chi connectivity index (χ2v) is 12.3. The van der Waals surface area contributed by atoms with Crippen molar-refractivity contribution in [3.8, 4) is 28.6 Å². The molecule has 2 N–H and O–H groups in total. The van der Waals surface area contributed by atoms with Gasteiger partial charge in [0, 0.05) is 36.9 Å². The third kappa shape index (κ3) is 6.83. The summed E-state index contributed by atoms with van der Waals surface area (Å²) >= 11 is 0. The molecule has 1 aromatic heterocycles. The van der Waals surface area contributed by atoms with Crippen molar-refractivity contribution < 1.29 is 46.9 Å². The minimum Gasteiger partial charge on any atom is -0.497 e. The number of fused-ring (bicyclic) bond motifs is 3. The first-order chi connectivity index (χ1) is 22.9. The number of aliphatic carboxylic acids is 1. The van der Waals surface area contributed by atoms with Gasteiger partial charge in [-0.3, -0.25) is 4.79 Å². The molecule has 0 radical (unpaired) electrons. The van der Waals surface area contributed by atoms with Crippen LogP contribution in [0.15, 0.2) is 60.7 Å². The highest BCUT2D eigenvalue weighted by molar-refractivity contribution is 5.95. The van der Waals surface area contributed by atoms with Crippen LogP contribution in [0.25, 0.3) is 22.0 Å². The largest absolute Gasteiger partial charge is 0.573 e. The van der Waals surface area contributed by atoms with Crippen LogP contribution in [-0.4, -0.2) is 89.1 Å². The summed E-state index contributed by atoms with van der Waals surface area (Å²) in [5.41, 5.74) is -0.542. The smallest absolute Gasteiger partial charge is 0.497 e. The van der Waals surface area contributed by atoms with Crippen LogP contribution >= 0.6 is 0 Å². The van der Waals surface area contributed by atoms with E-state index in [1.807, 2.05) is 12.2 Å². The van der Waals surface area contributed by atoms with Gasteiger partial charge in [0.2, 0.25) is 11.8 Å². The van der Waals surface area contributed by atoms with E-state index in [2.05, 4.69) is 10.1 Å². The fourth-order valence-corrected chi connectivity index (χ4v) is 6.35. The van der Waals surface area contributed by atoms with Gasteiger partial charge in [0.25, 0.3) is 0 Å². The predicted molar refractivity (Wildman–Crippen MR) is 168 cm³/mol. The Kier molecular flexibility index (Phi) is 8.84. The van der Waals surface area contributed by atoms with Crippen LogP contribution < -0.4 is 19.5 Å². The number of hydrogen-bond donors (Lipinski definition) is 2. The molecule has 3 amide bonds. The molecule has 11 nitrogen and oxygen atoms in total. The Bertz CT molecular complexity index is 1750. The number of methoxy groups -OCH3 is 1. The summed E-state index contributed by atoms with van der Waals surface area (Å²) in [4.78, 5) is 47.3. The first-order valence-corrected chi connectivity index (χ1v) is 15.6. The molecule has 48 heavy (non-hydrogen) atoms. The molecule has 1 saturated heterocycles. The maximum atomic E-state index is 13.7. The van der Waals surface area contributed by atoms with Crippen molar-refractivity contribution in [3.63, 3.8) is 0 Å². The number of pyridine rings is 1. The second-order valence-electron chi connectivity index (χ2n) is 12.3. The Balaban J connectivity index is 1.31. The quantitative estimate of drug-likeness (QED) is 0.335. The first kappa shape index (κ1) is 32.9. The number of hydrogen-bond acceptors (Lipinski definition) is 7. The maximum Gasteiger partial charge on any atom is 0.573 e. The summed E-state index contributed by atoms with van der Waals surface area (Å²) in [7, 11) is 3.19. The number of carbonyl (C=O) groups excluding carboxylic acids is 2. The standard InChI is InChI=1S/C34H35F3N4O7/c1-40-14-6-4-3-5-7-22-18-33(22,31(43)44)39-29(42)28-17-25(19-41(28)32(40)45)47-30-26-13-12-24(46-2)15-21(26)16-27(38-30)20-8-10-23(11-9-20)48-34(35,36)37/h5,7-13,15-16,22,25,28H,3-4,6,14,17-19H2,1-2H3,(H,39,42)(H,43,44)/b7-5+. The predicted octanol–water partition coefficient (Wildman–Crippen LogP) is 5.38. The molecule has 3 aromatic rings. The maximum absolute atomic E-state index is 13.7. The fraction of sp³-hybridized carbons (Fsp3) is 0.412. The molecule has 0 spiro atoms. The lowest BCUT2D eigenvalue weighted by molar-refractivity contribution is -0.274. The number of amides is 3. The van der Waals surface area contributed by atoms with E-state index < -0.39 is 35.9 Å². The molecular formula is C34H35F3N4O7. The first-order valence-electron chi connectivity index (χ1n) is 15.6. The Hall–Kier alpha value is -5.01. The molecule has 4 unspecified atom stereocenters. The number of aromatic nitrogens is 1. The van der Waals surface area contributed by atoms with E-state index in [9.17, 15) is 32.7 Å². The lowest BCUT2D eigenvalue weighted by Gasteiger charge is -2.29. The summed E-state index contributed by atoms with van der Waals surface area (Å²) < 4.78 is 54.0. The number of carboxylic acid groups (broad SMARTS) is 1. The van der Waals surface area contributed by atoms with E-state index in [0.717, 1.165) is 19.3 Å². The van der Waals surface area contributed by atoms with E-state index in [-0.39, 0.29) is 43.0 Å². The number of urea groups is 1. The zero-order valence-corrected chi connectivity index (χ0v) is 26.3. The lowest BCUT2D eigenvalue weighted by atomic mass is 10.1. The summed E-state index contributed by atoms with van der Waals surface area (Å²) in [6, 6.07) is 10.9. The van der Waals surface area contributed by atoms with Gasteiger partial charge in [-0.15, -0.1) is 13.2 Å². The molecule has 1 saturated carbocycles. The van der Waals surface area contributed by atoms with Gasteiger partial charge in [-0.2, -0.15) is 0 Å². The number of benzene rings is 2. The molecule has 3 heterocycles. The molecule has 1 aliphatic carbocycles. The number of carboxylic acids is 1. The number of nitrogens with zero attached hydrogens (tertiary/aromatic N) is 3. The summed E-state index contributed by atoms with van der Waals surface area (Å²) in [5.74, 6) is -1.68. The van der Waals surface area contributed by atoms with Crippen molar-refractivity contribution in [2.75, 3.05) is 27.2 Å². The third-order valence-corrected chi connectivity index (χ3v) is 9.03. The molecule has 6 rings (SSSR count). The molecule has 0 bridgehead atoms. The Labute approximate surface area is 274 Å². The van der Waals surface area contributed by atoms with E-state index in [1.54, 1.807) is 36.2 Å². The summed E-state index contributed by atoms with van der Waals surface area (Å²) in [6.45, 7) is 0.520. The number of carbonyl (C=O) groups is 3. The van der Waals surface area contributed by atoms with E-state index in [1.165, 1.54) is 36.3 Å². The van der Waals surface area contributed by atoms with Gasteiger partial charge in [-0.1, -0.05) is 12.2 Å². The number of alkyl halides is 3. The van der Waals surface area contributed by atoms with Gasteiger partial charge in [0.1, 0.15) is 29.2 Å². The monoisotopic (exact) mass is 668 g/mol. The van der Waals surface area contributed by atoms with E-state index in [4.69, 9.17) is 14.5 Å². The van der Waals surface area contributed by atoms with Crippen molar-refractivity contribution in [1.82, 2.24) is 20.1 Å². The van der Waals surface area contributed by atoms with Crippen molar-refractivity contribution in [2.24, 2.45) is 5.92 Å². The van der Waals surface area contributed by atoms with Crippen LogP contribution in [-0.2, 0) is 9.59 Å². The van der Waals surface area contributed by atoms with Gasteiger partial charge in [0.15, 0.2) is 0 Å². The van der Waals surface area contributed by atoms with E-state index >= 15 is 0 Å². The van der Waals surface area contributed by atoms with Crippen LogP contribution in [0.3, 0.4) is 0 Å². The summed E-state index contributed by atoms with van der Waals surface area (Å²) in [5, 5.41) is 14.0. The topological polar surface area (TPSA) is 131 Å². The molecule has 2 aromatic carbocycles. The van der Waals surface area contributed by atoms with Crippen LogP contribution in [0.1, 0.15) is 32.1 Å². The highest BCUT2D eigenvalue weighted by atomic mass is 19.4. The van der Waals surface area contributed by atoms with Crippen molar-refractivity contribution in [3.05, 3.63) is 60.7 Å². The number of rotatable bonds is 6. The number of nitrogens with one attached hydrogen (secondary N) is 1. The third-order valence-electron chi connectivity index (χ3n) is 9.03. The molecule has 3 aliphatic rings. The van der Waals surface area contributed by atoms with Crippen molar-refractivity contribution >= 4 is 28.7 Å². The van der Waals surface area contributed by atoms with Crippen molar-refractivity contribution in [1.29, 1.82) is 0 Å². The number of allylic oxidation sites excluding steroid dienone is 1. The van der Waals surface area contributed by atoms with Crippen LogP contribution in [0.4, 0.5) is 18.0 Å². The minimum atomic E-state index is -4.83. The number of halogens is 3. The lowest BCUT2D eigenvalue weighted by Crippen LogP contribution is -2.54. The zero-order valence-electron chi connectivity index (χ0n) is 26.3. The Morgan fingerprint density at radius 3 is 2.54 bits per heavy atom. The fourth-order valence-electron chi connectivity index (χ4n) is 6.35. The van der Waals surface area contributed by atoms with E-state index in [0.29, 0.717) is 34.3 Å². The normalized spacial score (nSPS) is 25.4. The zero-order chi connectivity index (χ0) is 34.2. The van der Waals surface area contributed by atoms with Gasteiger partial charge in [-0.05, 0) is 79.6 Å². The van der Waals surface area contributed by atoms with Crippen molar-refractivity contribution in [2.45, 2.75) is 56.2 Å². The van der Waals surface area contributed by atoms with Crippen LogP contribution in [0, 0.1) is 5.92 Å². The average molecular weight is 669 g/mol. The molecule has 254 valence electrons.